The Morgan fingerprint density at radius 3 is 2.83 bits per heavy atom. The van der Waals surface area contributed by atoms with Crippen LogP contribution in [0.4, 0.5) is 9.18 Å². The lowest BCUT2D eigenvalue weighted by Crippen LogP contribution is -2.47. The van der Waals surface area contributed by atoms with Gasteiger partial charge in [-0.1, -0.05) is 12.1 Å². The van der Waals surface area contributed by atoms with E-state index in [-0.39, 0.29) is 23.9 Å². The Labute approximate surface area is 142 Å². The molecule has 1 aliphatic rings. The maximum absolute atomic E-state index is 13.6. The molecule has 7 heteroatoms. The van der Waals surface area contributed by atoms with Gasteiger partial charge in [0.15, 0.2) is 0 Å². The van der Waals surface area contributed by atoms with Crippen LogP contribution in [0.15, 0.2) is 24.3 Å². The van der Waals surface area contributed by atoms with E-state index in [1.54, 1.807) is 13.2 Å². The molecule has 0 bridgehead atoms. The molecule has 2 N–H and O–H groups in total. The van der Waals surface area contributed by atoms with E-state index in [2.05, 4.69) is 15.5 Å². The Morgan fingerprint density at radius 2 is 2.17 bits per heavy atom. The van der Waals surface area contributed by atoms with Gasteiger partial charge in [0.2, 0.25) is 0 Å². The maximum atomic E-state index is 13.6. The molecular weight excluding hydrogens is 313 g/mol. The van der Waals surface area contributed by atoms with Gasteiger partial charge in [-0.25, -0.2) is 9.18 Å². The molecule has 1 fully saturated rings. The van der Waals surface area contributed by atoms with Crippen molar-refractivity contribution in [2.45, 2.75) is 19.0 Å². The predicted molar refractivity (Wildman–Crippen MR) is 89.4 cm³/mol. The van der Waals surface area contributed by atoms with Gasteiger partial charge in [-0.2, -0.15) is 0 Å². The minimum Gasteiger partial charge on any atom is -0.383 e. The van der Waals surface area contributed by atoms with Crippen LogP contribution in [0.3, 0.4) is 0 Å². The van der Waals surface area contributed by atoms with Gasteiger partial charge in [0, 0.05) is 26.7 Å². The van der Waals surface area contributed by atoms with Crippen molar-refractivity contribution in [3.05, 3.63) is 35.6 Å². The minimum absolute atomic E-state index is 0.0778. The second-order valence-electron chi connectivity index (χ2n) is 5.93. The zero-order valence-corrected chi connectivity index (χ0v) is 14.3. The summed E-state index contributed by atoms with van der Waals surface area (Å²) in [5, 5.41) is 5.69. The number of nitrogens with one attached hydrogen (secondary N) is 2. The van der Waals surface area contributed by atoms with Crippen LogP contribution in [0.2, 0.25) is 0 Å². The maximum Gasteiger partial charge on any atom is 0.315 e. The monoisotopic (exact) mass is 339 g/mol. The first-order chi connectivity index (χ1) is 11.6. The highest BCUT2D eigenvalue weighted by Gasteiger charge is 2.23. The van der Waals surface area contributed by atoms with Crippen LogP contribution >= 0.6 is 0 Å². The Morgan fingerprint density at radius 1 is 1.42 bits per heavy atom. The minimum atomic E-state index is -0.274. The number of halogens is 1. The third kappa shape index (κ3) is 5.74. The zero-order chi connectivity index (χ0) is 17.4. The first-order valence-electron chi connectivity index (χ1n) is 8.20. The number of morpholine rings is 1. The van der Waals surface area contributed by atoms with Crippen molar-refractivity contribution in [3.63, 3.8) is 0 Å². The Bertz CT molecular complexity index is 524. The van der Waals surface area contributed by atoms with Crippen molar-refractivity contribution < 1.29 is 18.7 Å². The highest BCUT2D eigenvalue weighted by Crippen LogP contribution is 2.22. The molecule has 2 atom stereocenters. The number of nitrogens with zero attached hydrogens (tertiary/aromatic N) is 1. The molecular formula is C17H26FN3O3. The molecule has 2 amide bonds. The molecule has 6 nitrogen and oxygen atoms in total. The fraction of sp³-hybridized carbons (Fsp3) is 0.588. The van der Waals surface area contributed by atoms with E-state index in [1.807, 2.05) is 13.0 Å². The number of urea groups is 1. The lowest BCUT2D eigenvalue weighted by molar-refractivity contribution is 0.0166. The smallest absolute Gasteiger partial charge is 0.315 e. The quantitative estimate of drug-likeness (QED) is 0.791. The lowest BCUT2D eigenvalue weighted by Gasteiger charge is -2.35. The summed E-state index contributed by atoms with van der Waals surface area (Å²) in [6.07, 6.45) is 0. The highest BCUT2D eigenvalue weighted by atomic mass is 19.1. The average molecular weight is 339 g/mol. The fourth-order valence-electron chi connectivity index (χ4n) is 2.82. The van der Waals surface area contributed by atoms with Crippen molar-refractivity contribution in [1.29, 1.82) is 0 Å². The van der Waals surface area contributed by atoms with Gasteiger partial charge in [0.05, 0.1) is 31.9 Å². The summed E-state index contributed by atoms with van der Waals surface area (Å²) < 4.78 is 24.0. The van der Waals surface area contributed by atoms with Crippen LogP contribution in [-0.2, 0) is 9.47 Å². The predicted octanol–water partition coefficient (Wildman–Crippen LogP) is 1.53. The molecule has 134 valence electrons. The van der Waals surface area contributed by atoms with Gasteiger partial charge in [-0.15, -0.1) is 0 Å². The van der Waals surface area contributed by atoms with Gasteiger partial charge >= 0.3 is 6.03 Å². The van der Waals surface area contributed by atoms with Crippen molar-refractivity contribution in [3.8, 4) is 0 Å². The molecule has 0 aliphatic carbocycles. The van der Waals surface area contributed by atoms with Crippen LogP contribution in [0.5, 0.6) is 0 Å². The number of rotatable bonds is 7. The first-order valence-corrected chi connectivity index (χ1v) is 8.20. The van der Waals surface area contributed by atoms with E-state index in [1.165, 1.54) is 12.1 Å². The highest BCUT2D eigenvalue weighted by molar-refractivity contribution is 5.74. The third-order valence-electron chi connectivity index (χ3n) is 3.97. The van der Waals surface area contributed by atoms with Gasteiger partial charge < -0.3 is 20.1 Å². The summed E-state index contributed by atoms with van der Waals surface area (Å²) in [6.45, 7) is 5.51. The fourth-order valence-corrected chi connectivity index (χ4v) is 2.82. The van der Waals surface area contributed by atoms with E-state index >= 15 is 0 Å². The molecule has 24 heavy (non-hydrogen) atoms. The molecule has 1 aromatic carbocycles. The van der Waals surface area contributed by atoms with Crippen molar-refractivity contribution in [2.24, 2.45) is 0 Å². The number of methoxy groups -OCH3 is 1. The molecule has 1 aromatic rings. The van der Waals surface area contributed by atoms with E-state index in [0.717, 1.165) is 18.7 Å². The molecule has 0 aromatic heterocycles. The van der Waals surface area contributed by atoms with E-state index < -0.39 is 0 Å². The normalized spacial score (nSPS) is 18.0. The molecule has 0 radical (unpaired) electrons. The molecule has 1 aliphatic heterocycles. The van der Waals surface area contributed by atoms with E-state index in [9.17, 15) is 9.18 Å². The van der Waals surface area contributed by atoms with Gasteiger partial charge in [0.1, 0.15) is 5.82 Å². The van der Waals surface area contributed by atoms with Crippen LogP contribution in [-0.4, -0.2) is 63.5 Å². The van der Waals surface area contributed by atoms with Crippen molar-refractivity contribution in [2.75, 3.05) is 46.6 Å². The first kappa shape index (κ1) is 18.6. The van der Waals surface area contributed by atoms with Crippen LogP contribution < -0.4 is 10.6 Å². The molecule has 0 unspecified atom stereocenters. The topological polar surface area (TPSA) is 62.8 Å². The van der Waals surface area contributed by atoms with E-state index in [4.69, 9.17) is 9.47 Å². The standard InChI is InChI=1S/C17H26FN3O3/c1-13(12-23-2)20-17(22)19-11-16(21-6-8-24-9-7-21)14-4-3-5-15(18)10-14/h3-5,10,13,16H,6-9,11-12H2,1-2H3,(H2,19,20,22)/t13-,16-/m1/s1. The van der Waals surface area contributed by atoms with Gasteiger partial charge in [0.25, 0.3) is 0 Å². The number of hydrogen-bond donors (Lipinski definition) is 2. The summed E-state index contributed by atoms with van der Waals surface area (Å²) in [7, 11) is 1.59. The van der Waals surface area contributed by atoms with Crippen molar-refractivity contribution in [1.82, 2.24) is 15.5 Å². The summed E-state index contributed by atoms with van der Waals surface area (Å²) in [5.41, 5.74) is 0.849. The molecule has 0 saturated carbocycles. The van der Waals surface area contributed by atoms with E-state index in [0.29, 0.717) is 26.4 Å². The average Bonchev–Trinajstić information content (AvgIpc) is 2.56. The second-order valence-corrected chi connectivity index (χ2v) is 5.93. The number of carbonyl (C=O) groups excluding carboxylic acids is 1. The Hall–Kier alpha value is -1.70. The SMILES string of the molecule is COC[C@@H](C)NC(=O)NC[C@H](c1cccc(F)c1)N1CCOCC1. The van der Waals surface area contributed by atoms with Crippen LogP contribution in [0, 0.1) is 5.82 Å². The lowest BCUT2D eigenvalue weighted by atomic mass is 10.0. The molecule has 2 rings (SSSR count). The van der Waals surface area contributed by atoms with Crippen LogP contribution in [0.25, 0.3) is 0 Å². The third-order valence-corrected chi connectivity index (χ3v) is 3.97. The number of carbonyl (C=O) groups is 1. The van der Waals surface area contributed by atoms with Gasteiger partial charge in [-0.05, 0) is 24.6 Å². The van der Waals surface area contributed by atoms with Crippen LogP contribution in [0.1, 0.15) is 18.5 Å². The summed E-state index contributed by atoms with van der Waals surface area (Å²) in [6, 6.07) is 6.10. The number of benzene rings is 1. The second kappa shape index (κ2) is 9.56. The number of hydrogen-bond acceptors (Lipinski definition) is 4. The number of ether oxygens (including phenoxy) is 2. The molecule has 1 saturated heterocycles. The molecule has 0 spiro atoms. The van der Waals surface area contributed by atoms with Crippen molar-refractivity contribution >= 4 is 6.03 Å². The Balaban J connectivity index is 1.99. The Kier molecular flexibility index (Phi) is 7.42. The number of amides is 2. The summed E-state index contributed by atoms with van der Waals surface area (Å²) in [4.78, 5) is 14.2. The zero-order valence-electron chi connectivity index (χ0n) is 14.3. The largest absolute Gasteiger partial charge is 0.383 e. The summed E-state index contributed by atoms with van der Waals surface area (Å²) >= 11 is 0. The van der Waals surface area contributed by atoms with Gasteiger partial charge in [-0.3, -0.25) is 4.90 Å². The summed E-state index contributed by atoms with van der Waals surface area (Å²) in [5.74, 6) is -0.274. The molecule has 1 heterocycles.